The molecule has 7 nitrogen and oxygen atoms in total. The number of nitrogens with one attached hydrogen (secondary N) is 1. The van der Waals surface area contributed by atoms with Gasteiger partial charge in [0.25, 0.3) is 0 Å². The summed E-state index contributed by atoms with van der Waals surface area (Å²) in [7, 11) is 0. The number of aliphatic hydroxyl groups is 4. The van der Waals surface area contributed by atoms with E-state index in [4.69, 9.17) is 9.84 Å². The number of aliphatic hydroxyl groups excluding tert-OH is 4. The van der Waals surface area contributed by atoms with Crippen LogP contribution in [0.3, 0.4) is 0 Å². The molecule has 0 aromatic heterocycles. The zero-order chi connectivity index (χ0) is 11.6. The molecule has 0 radical (unpaired) electrons. The van der Waals surface area contributed by atoms with E-state index in [0.29, 0.717) is 0 Å². The molecule has 0 aromatic carbocycles. The number of amides is 1. The van der Waals surface area contributed by atoms with Crippen molar-refractivity contribution in [3.63, 3.8) is 0 Å². The Hall–Kier alpha value is -0.730. The highest BCUT2D eigenvalue weighted by molar-refractivity contribution is 5.73. The monoisotopic (exact) mass is 221 g/mol. The summed E-state index contributed by atoms with van der Waals surface area (Å²) in [5, 5.41) is 39.4. The first-order chi connectivity index (χ1) is 6.97. The maximum absolute atomic E-state index is 10.7. The van der Waals surface area contributed by atoms with Crippen LogP contribution in [0.25, 0.3) is 0 Å². The first-order valence-corrected chi connectivity index (χ1v) is 4.55. The largest absolute Gasteiger partial charge is 0.394 e. The molecule has 15 heavy (non-hydrogen) atoms. The van der Waals surface area contributed by atoms with Crippen LogP contribution in [-0.2, 0) is 9.53 Å². The van der Waals surface area contributed by atoms with E-state index in [-0.39, 0.29) is 0 Å². The number of hydrogen-bond donors (Lipinski definition) is 5. The number of hydrogen-bond acceptors (Lipinski definition) is 6. The second-order valence-corrected chi connectivity index (χ2v) is 3.46. The van der Waals surface area contributed by atoms with Gasteiger partial charge in [-0.1, -0.05) is 0 Å². The van der Waals surface area contributed by atoms with Gasteiger partial charge in [-0.3, -0.25) is 4.79 Å². The molecule has 0 bridgehead atoms. The Labute approximate surface area is 86.3 Å². The molecule has 0 spiro atoms. The molecule has 1 rings (SSSR count). The second-order valence-electron chi connectivity index (χ2n) is 3.46. The van der Waals surface area contributed by atoms with Crippen molar-refractivity contribution in [1.29, 1.82) is 0 Å². The van der Waals surface area contributed by atoms with E-state index in [1.165, 1.54) is 6.92 Å². The molecule has 0 saturated carbocycles. The fraction of sp³-hybridized carbons (Fsp3) is 0.875. The van der Waals surface area contributed by atoms with E-state index in [2.05, 4.69) is 5.32 Å². The Morgan fingerprint density at radius 1 is 1.33 bits per heavy atom. The Bertz CT molecular complexity index is 235. The third-order valence-electron chi connectivity index (χ3n) is 2.27. The zero-order valence-corrected chi connectivity index (χ0v) is 8.20. The van der Waals surface area contributed by atoms with Gasteiger partial charge in [0, 0.05) is 6.92 Å². The Kier molecular flexibility index (Phi) is 4.00. The van der Waals surface area contributed by atoms with Gasteiger partial charge in [0.05, 0.1) is 6.61 Å². The molecular weight excluding hydrogens is 206 g/mol. The fourth-order valence-corrected chi connectivity index (χ4v) is 1.49. The zero-order valence-electron chi connectivity index (χ0n) is 8.20. The van der Waals surface area contributed by atoms with E-state index in [1.807, 2.05) is 0 Å². The van der Waals surface area contributed by atoms with Crippen LogP contribution in [0, 0.1) is 0 Å². The summed E-state index contributed by atoms with van der Waals surface area (Å²) in [4.78, 5) is 10.7. The van der Waals surface area contributed by atoms with Crippen LogP contribution in [0.4, 0.5) is 0 Å². The van der Waals surface area contributed by atoms with Crippen molar-refractivity contribution in [2.75, 3.05) is 6.61 Å². The van der Waals surface area contributed by atoms with Crippen LogP contribution < -0.4 is 5.32 Å². The predicted octanol–water partition coefficient (Wildman–Crippen LogP) is -3.08. The summed E-state index contributed by atoms with van der Waals surface area (Å²) in [6.07, 6.45) is -5.24. The smallest absolute Gasteiger partial charge is 0.217 e. The lowest BCUT2D eigenvalue weighted by molar-refractivity contribution is -0.253. The predicted molar refractivity (Wildman–Crippen MR) is 47.6 cm³/mol. The van der Waals surface area contributed by atoms with Gasteiger partial charge in [-0.2, -0.15) is 0 Å². The molecule has 5 N–H and O–H groups in total. The van der Waals surface area contributed by atoms with E-state index in [1.54, 1.807) is 0 Å². The van der Waals surface area contributed by atoms with E-state index in [9.17, 15) is 20.1 Å². The molecule has 1 saturated heterocycles. The standard InChI is InChI=1S/C8H15NO6/c1-3(11)9-5-7(13)6(12)4(2-10)15-8(5)14/h4-8,10,12-14H,2H2,1H3,(H,9,11)/t4?,5?,6-,7?,8+/m1/s1. The lowest BCUT2D eigenvalue weighted by Gasteiger charge is -2.40. The van der Waals surface area contributed by atoms with Gasteiger partial charge in [0.2, 0.25) is 5.91 Å². The molecule has 3 unspecified atom stereocenters. The van der Waals surface area contributed by atoms with Crippen molar-refractivity contribution in [3.05, 3.63) is 0 Å². The lowest BCUT2D eigenvalue weighted by Crippen LogP contribution is -2.63. The molecule has 1 heterocycles. The summed E-state index contributed by atoms with van der Waals surface area (Å²) in [6, 6.07) is -1.10. The molecule has 1 aliphatic heterocycles. The van der Waals surface area contributed by atoms with Gasteiger partial charge >= 0.3 is 0 Å². The molecule has 1 aliphatic rings. The average molecular weight is 221 g/mol. The fourth-order valence-electron chi connectivity index (χ4n) is 1.49. The highest BCUT2D eigenvalue weighted by Gasteiger charge is 2.43. The molecule has 0 aliphatic carbocycles. The SMILES string of the molecule is CC(=O)NC1C(O)[C@H](O)C(CO)O[C@@H]1O. The van der Waals surface area contributed by atoms with Crippen LogP contribution in [-0.4, -0.2) is 63.6 Å². The van der Waals surface area contributed by atoms with Crippen LogP contribution in [0.5, 0.6) is 0 Å². The number of ether oxygens (including phenoxy) is 1. The van der Waals surface area contributed by atoms with Crippen molar-refractivity contribution < 1.29 is 30.0 Å². The summed E-state index contributed by atoms with van der Waals surface area (Å²) >= 11 is 0. The molecule has 7 heteroatoms. The summed E-state index contributed by atoms with van der Waals surface area (Å²) < 4.78 is 4.81. The maximum atomic E-state index is 10.7. The first-order valence-electron chi connectivity index (χ1n) is 4.55. The summed E-state index contributed by atoms with van der Waals surface area (Å²) in [5.74, 6) is -0.462. The normalized spacial score (nSPS) is 41.3. The van der Waals surface area contributed by atoms with Gasteiger partial charge in [0.15, 0.2) is 6.29 Å². The highest BCUT2D eigenvalue weighted by atomic mass is 16.6. The van der Waals surface area contributed by atoms with E-state index < -0.39 is 43.2 Å². The van der Waals surface area contributed by atoms with Crippen LogP contribution in [0.1, 0.15) is 6.92 Å². The van der Waals surface area contributed by atoms with E-state index >= 15 is 0 Å². The topological polar surface area (TPSA) is 119 Å². The van der Waals surface area contributed by atoms with Gasteiger partial charge in [-0.25, -0.2) is 0 Å². The second kappa shape index (κ2) is 4.86. The number of carbonyl (C=O) groups is 1. The van der Waals surface area contributed by atoms with E-state index in [0.717, 1.165) is 0 Å². The third-order valence-corrected chi connectivity index (χ3v) is 2.27. The quantitative estimate of drug-likeness (QED) is 0.337. The molecule has 1 amide bonds. The van der Waals surface area contributed by atoms with Crippen molar-refractivity contribution >= 4 is 5.91 Å². The lowest BCUT2D eigenvalue weighted by atomic mass is 9.97. The van der Waals surface area contributed by atoms with Crippen molar-refractivity contribution in [3.8, 4) is 0 Å². The van der Waals surface area contributed by atoms with Crippen molar-refractivity contribution in [2.45, 2.75) is 37.6 Å². The van der Waals surface area contributed by atoms with Crippen LogP contribution in [0.2, 0.25) is 0 Å². The molecule has 1 fully saturated rings. The Morgan fingerprint density at radius 2 is 1.93 bits per heavy atom. The number of rotatable bonds is 2. The Balaban J connectivity index is 2.70. The molecule has 5 atom stereocenters. The highest BCUT2D eigenvalue weighted by Crippen LogP contribution is 2.19. The van der Waals surface area contributed by atoms with Crippen molar-refractivity contribution in [2.24, 2.45) is 0 Å². The van der Waals surface area contributed by atoms with Gasteiger partial charge in [-0.05, 0) is 0 Å². The Morgan fingerprint density at radius 3 is 2.40 bits per heavy atom. The van der Waals surface area contributed by atoms with Gasteiger partial charge in [0.1, 0.15) is 24.4 Å². The minimum atomic E-state index is -1.45. The van der Waals surface area contributed by atoms with Crippen LogP contribution >= 0.6 is 0 Å². The summed E-state index contributed by atoms with van der Waals surface area (Å²) in [6.45, 7) is 0.687. The van der Waals surface area contributed by atoms with Crippen LogP contribution in [0.15, 0.2) is 0 Å². The third kappa shape index (κ3) is 2.64. The average Bonchev–Trinajstić information content (AvgIpc) is 2.18. The minimum absolute atomic E-state index is 0.462. The van der Waals surface area contributed by atoms with Gasteiger partial charge in [-0.15, -0.1) is 0 Å². The molecule has 88 valence electrons. The van der Waals surface area contributed by atoms with Crippen molar-refractivity contribution in [1.82, 2.24) is 5.32 Å². The van der Waals surface area contributed by atoms with Gasteiger partial charge < -0.3 is 30.5 Å². The summed E-state index contributed by atoms with van der Waals surface area (Å²) in [5.41, 5.74) is 0. The minimum Gasteiger partial charge on any atom is -0.394 e. The molecule has 0 aromatic rings. The molecular formula is C8H15NO6. The maximum Gasteiger partial charge on any atom is 0.217 e. The first kappa shape index (κ1) is 12.3. The number of carbonyl (C=O) groups excluding carboxylic acids is 1.